The number of esters is 3. The summed E-state index contributed by atoms with van der Waals surface area (Å²) in [5.41, 5.74) is 0. The number of rotatable bonds is 58. The highest BCUT2D eigenvalue weighted by atomic mass is 31.2. The Morgan fingerprint density at radius 2 is 0.848 bits per heavy atom. The number of allylic oxidation sites excluding steroid dienone is 5. The highest BCUT2D eigenvalue weighted by Gasteiger charge is 2.58. The minimum atomic E-state index is -5.72. The number of carbonyl (C=O) groups excluding carboxylic acids is 3. The lowest BCUT2D eigenvalue weighted by atomic mass is 9.84. The topological polar surface area (TPSA) is 374 Å². The van der Waals surface area contributed by atoms with Crippen LogP contribution in [0.1, 0.15) is 278 Å². The molecule has 11 N–H and O–H groups in total. The van der Waals surface area contributed by atoms with Crippen molar-refractivity contribution >= 4 is 25.7 Å². The lowest BCUT2D eigenvalue weighted by molar-refractivity contribution is -0.360. The zero-order valence-electron chi connectivity index (χ0n) is 60.4. The lowest BCUT2D eigenvalue weighted by Gasteiger charge is -2.49. The summed E-state index contributed by atoms with van der Waals surface area (Å²) in [4.78, 5) is 50.9. The summed E-state index contributed by atoms with van der Waals surface area (Å²) in [6, 6.07) is 0. The van der Waals surface area contributed by atoms with E-state index in [0.717, 1.165) is 89.5 Å². The molecular weight excluding hydrogens is 1300 g/mol. The molecule has 2 aliphatic heterocycles. The highest BCUT2D eigenvalue weighted by molar-refractivity contribution is 7.47. The third-order valence-corrected chi connectivity index (χ3v) is 19.9. The standard InChI is InChI=1S/C74H133O24P/c1-5-8-11-14-17-19-21-23-24-26-28-29-31-37-42-47-58(76)90-51-55(93-60(78)49-44-39-34-33-36-41-46-54(4)45-40-35-16-13-10-7-3)52-92-99(88,89)98-72-70(96-73-68(86)63(81)61(79)56(50-75)94-73)66(84)65(83)67(85)71(72)97-74-69(87)64(82)62(80)57(95-74)53-91-59(77)48-43-38-32-30-27-25-22-20-18-15-12-9-6-2/h25,27,31,37,42,47,54-57,61-75,79-87H,5-24,26,28-30,32-36,38-41,43-46,48-53H2,1-4H3,(H,88,89)/b27-25-,37-31+,47-42+. The molecule has 3 aliphatic rings. The van der Waals surface area contributed by atoms with Crippen LogP contribution in [0.3, 0.4) is 0 Å². The Balaban J connectivity index is 1.77. The van der Waals surface area contributed by atoms with Crippen molar-refractivity contribution in [1.82, 2.24) is 0 Å². The van der Waals surface area contributed by atoms with Gasteiger partial charge in [-0.2, -0.15) is 0 Å². The Morgan fingerprint density at radius 3 is 1.33 bits per heavy atom. The first-order valence-corrected chi connectivity index (χ1v) is 39.7. The Morgan fingerprint density at radius 1 is 0.444 bits per heavy atom. The first-order valence-electron chi connectivity index (χ1n) is 38.2. The summed E-state index contributed by atoms with van der Waals surface area (Å²) in [5, 5.41) is 110. The van der Waals surface area contributed by atoms with Crippen molar-refractivity contribution in [2.24, 2.45) is 5.92 Å². The van der Waals surface area contributed by atoms with Crippen LogP contribution in [-0.4, -0.2) is 204 Å². The molecule has 3 fully saturated rings. The van der Waals surface area contributed by atoms with Crippen molar-refractivity contribution in [3.05, 3.63) is 36.5 Å². The Labute approximate surface area is 591 Å². The summed E-state index contributed by atoms with van der Waals surface area (Å²) in [7, 11) is -5.72. The van der Waals surface area contributed by atoms with E-state index in [0.29, 0.717) is 25.2 Å². The SMILES string of the molecule is CCCCCCCC/C=C\CCCCCC(=O)OCC1OC(OC2C(O)C(O)C(O)C(OC3OC(CO)C(O)C(O)C3O)C2OP(=O)(O)OCC(COC(=O)/C=C/C=C/CCCCCCCCCCCCC)OC(=O)CCCCCCCCC(C)CCCCCCCC)C(O)C(O)C1O. The normalized spacial score (nSPS) is 28.0. The molecule has 578 valence electrons. The summed E-state index contributed by atoms with van der Waals surface area (Å²) in [6.45, 7) is 5.62. The zero-order valence-corrected chi connectivity index (χ0v) is 61.3. The fraction of sp³-hybridized carbons (Fsp3) is 0.878. The van der Waals surface area contributed by atoms with Crippen LogP contribution in [0, 0.1) is 5.92 Å². The van der Waals surface area contributed by atoms with Gasteiger partial charge < -0.3 is 89.1 Å². The van der Waals surface area contributed by atoms with Gasteiger partial charge in [-0.3, -0.25) is 18.6 Å². The van der Waals surface area contributed by atoms with Crippen LogP contribution in [0.5, 0.6) is 0 Å². The molecule has 0 spiro atoms. The van der Waals surface area contributed by atoms with E-state index in [9.17, 15) is 74.9 Å². The van der Waals surface area contributed by atoms with Crippen molar-refractivity contribution in [2.45, 2.75) is 382 Å². The number of hydrogen-bond acceptors (Lipinski definition) is 23. The molecule has 0 amide bonds. The molecule has 19 unspecified atom stereocenters. The van der Waals surface area contributed by atoms with Gasteiger partial charge in [-0.15, -0.1) is 0 Å². The number of hydrogen-bond donors (Lipinski definition) is 11. The van der Waals surface area contributed by atoms with Gasteiger partial charge in [0.1, 0.15) is 98.7 Å². The highest BCUT2D eigenvalue weighted by Crippen LogP contribution is 2.49. The van der Waals surface area contributed by atoms with E-state index >= 15 is 0 Å². The molecule has 1 aliphatic carbocycles. The van der Waals surface area contributed by atoms with Gasteiger partial charge in [0.2, 0.25) is 0 Å². The largest absolute Gasteiger partial charge is 0.472 e. The second-order valence-electron chi connectivity index (χ2n) is 27.7. The predicted octanol–water partition coefficient (Wildman–Crippen LogP) is 10.5. The van der Waals surface area contributed by atoms with Crippen LogP contribution in [0.2, 0.25) is 0 Å². The molecule has 0 radical (unpaired) electrons. The summed E-state index contributed by atoms with van der Waals surface area (Å²) in [6.07, 6.45) is 15.7. The number of aliphatic hydroxyl groups excluding tert-OH is 10. The van der Waals surface area contributed by atoms with Crippen LogP contribution in [0.4, 0.5) is 0 Å². The first kappa shape index (κ1) is 90.4. The van der Waals surface area contributed by atoms with E-state index in [1.54, 1.807) is 6.08 Å². The lowest BCUT2D eigenvalue weighted by Crippen LogP contribution is -2.69. The fourth-order valence-electron chi connectivity index (χ4n) is 12.6. The number of aliphatic hydroxyl groups is 10. The van der Waals surface area contributed by atoms with Crippen molar-refractivity contribution in [2.75, 3.05) is 26.4 Å². The number of ether oxygens (including phenoxy) is 7. The van der Waals surface area contributed by atoms with Crippen molar-refractivity contribution in [3.8, 4) is 0 Å². The molecule has 0 bridgehead atoms. The number of unbranched alkanes of at least 4 members (excludes halogenated alkanes) is 30. The Hall–Kier alpha value is -2.82. The van der Waals surface area contributed by atoms with Gasteiger partial charge >= 0.3 is 25.7 Å². The second kappa shape index (κ2) is 54.7. The third kappa shape index (κ3) is 38.1. The van der Waals surface area contributed by atoms with Crippen LogP contribution < -0.4 is 0 Å². The molecule has 0 aromatic rings. The maximum Gasteiger partial charge on any atom is 0.472 e. The molecule has 19 atom stereocenters. The Kier molecular flexibility index (Phi) is 50.0. The maximum atomic E-state index is 14.3. The van der Waals surface area contributed by atoms with Crippen LogP contribution in [-0.2, 0) is 61.2 Å². The quantitative estimate of drug-likeness (QED) is 0.00512. The average Bonchev–Trinajstić information content (AvgIpc) is 0.763. The Bertz CT molecular complexity index is 2210. The van der Waals surface area contributed by atoms with E-state index in [2.05, 4.69) is 39.8 Å². The van der Waals surface area contributed by atoms with Gasteiger partial charge in [0.05, 0.1) is 13.2 Å². The maximum absolute atomic E-state index is 14.3. The molecule has 1 saturated carbocycles. The molecule has 24 nitrogen and oxygen atoms in total. The van der Waals surface area contributed by atoms with Crippen LogP contribution >= 0.6 is 7.82 Å². The summed E-state index contributed by atoms with van der Waals surface area (Å²) < 4.78 is 64.8. The second-order valence-corrected chi connectivity index (χ2v) is 29.1. The smallest absolute Gasteiger partial charge is 0.463 e. The van der Waals surface area contributed by atoms with Crippen molar-refractivity contribution in [1.29, 1.82) is 0 Å². The van der Waals surface area contributed by atoms with Gasteiger partial charge in [0, 0.05) is 18.9 Å². The van der Waals surface area contributed by atoms with E-state index < -0.39 is 156 Å². The minimum absolute atomic E-state index is 0.00418. The van der Waals surface area contributed by atoms with E-state index in [4.69, 9.17) is 42.2 Å². The van der Waals surface area contributed by atoms with E-state index in [1.807, 2.05) is 6.08 Å². The number of carbonyl (C=O) groups is 3. The van der Waals surface area contributed by atoms with Crippen LogP contribution in [0.15, 0.2) is 36.5 Å². The molecule has 3 rings (SSSR count). The minimum Gasteiger partial charge on any atom is -0.463 e. The molecule has 2 heterocycles. The van der Waals surface area contributed by atoms with Crippen molar-refractivity contribution < 1.29 is 117 Å². The number of phosphoric acid groups is 1. The molecule has 0 aromatic carbocycles. The van der Waals surface area contributed by atoms with Crippen LogP contribution in [0.25, 0.3) is 0 Å². The molecule has 99 heavy (non-hydrogen) atoms. The number of phosphoric ester groups is 1. The monoisotopic (exact) mass is 1440 g/mol. The molecule has 25 heteroatoms. The fourth-order valence-corrected chi connectivity index (χ4v) is 13.5. The van der Waals surface area contributed by atoms with Gasteiger partial charge in [-0.05, 0) is 57.3 Å². The average molecular weight is 1440 g/mol. The third-order valence-electron chi connectivity index (χ3n) is 18.9. The molecular formula is C74H133O24P. The van der Waals surface area contributed by atoms with Gasteiger partial charge in [-0.25, -0.2) is 9.36 Å². The van der Waals surface area contributed by atoms with E-state index in [-0.39, 0.29) is 12.8 Å². The summed E-state index contributed by atoms with van der Waals surface area (Å²) in [5.74, 6) is -1.59. The van der Waals surface area contributed by atoms with Gasteiger partial charge in [-0.1, -0.05) is 244 Å². The van der Waals surface area contributed by atoms with E-state index in [1.165, 1.54) is 141 Å². The summed E-state index contributed by atoms with van der Waals surface area (Å²) >= 11 is 0. The molecule has 0 aromatic heterocycles. The molecule has 2 saturated heterocycles. The van der Waals surface area contributed by atoms with Crippen molar-refractivity contribution in [3.63, 3.8) is 0 Å². The van der Waals surface area contributed by atoms with Gasteiger partial charge in [0.25, 0.3) is 0 Å². The zero-order chi connectivity index (χ0) is 72.6. The van der Waals surface area contributed by atoms with Gasteiger partial charge in [0.15, 0.2) is 18.7 Å². The first-order chi connectivity index (χ1) is 47.7. The predicted molar refractivity (Wildman–Crippen MR) is 374 cm³/mol.